The molecule has 4 aliphatic carbocycles. The highest BCUT2D eigenvalue weighted by atomic mass is 19.1. The molecule has 0 saturated heterocycles. The molecule has 1 saturated carbocycles. The van der Waals surface area contributed by atoms with Gasteiger partial charge in [0.1, 0.15) is 18.2 Å². The molecular weight excluding hydrogens is 491 g/mol. The van der Waals surface area contributed by atoms with Crippen molar-refractivity contribution in [2.45, 2.75) is 77.2 Å². The molecule has 0 aromatic heterocycles. The summed E-state index contributed by atoms with van der Waals surface area (Å²) < 4.78 is 26.9. The van der Waals surface area contributed by atoms with Crippen molar-refractivity contribution in [2.75, 3.05) is 7.11 Å². The standard InChI is InChI=1S/C34H37FO4/c1-33(2)14-4-5-28(33)26-17-21(6-10-25(26)27-18-23(38-3)9-11-31(27)35)20-39-24-8-7-22-12-15-34(30(22)19-24)16-13-29(34)32(36)37/h5-8,10,17-19,29H,4,9,11-16,20H2,1-3H3,(H,36,37)/t29-,34-/m0/s1. The molecule has 39 heavy (non-hydrogen) atoms. The summed E-state index contributed by atoms with van der Waals surface area (Å²) in [7, 11) is 1.64. The van der Waals surface area contributed by atoms with E-state index in [1.807, 2.05) is 24.3 Å². The minimum Gasteiger partial charge on any atom is -0.501 e. The fourth-order valence-corrected chi connectivity index (χ4v) is 7.27. The lowest BCUT2D eigenvalue weighted by atomic mass is 9.57. The summed E-state index contributed by atoms with van der Waals surface area (Å²) in [5.41, 5.74) is 7.03. The van der Waals surface area contributed by atoms with E-state index in [9.17, 15) is 9.90 Å². The summed E-state index contributed by atoms with van der Waals surface area (Å²) in [6.07, 6.45) is 10.7. The van der Waals surface area contributed by atoms with E-state index in [-0.39, 0.29) is 22.6 Å². The van der Waals surface area contributed by atoms with Gasteiger partial charge in [-0.2, -0.15) is 0 Å². The van der Waals surface area contributed by atoms with Gasteiger partial charge in [0, 0.05) is 23.8 Å². The third kappa shape index (κ3) is 4.40. The number of hydrogen-bond donors (Lipinski definition) is 1. The quantitative estimate of drug-likeness (QED) is 0.394. The van der Waals surface area contributed by atoms with Crippen LogP contribution in [-0.4, -0.2) is 18.2 Å². The van der Waals surface area contributed by atoms with Crippen LogP contribution in [0.15, 0.2) is 60.1 Å². The molecule has 6 rings (SSSR count). The van der Waals surface area contributed by atoms with Gasteiger partial charge in [0.2, 0.25) is 0 Å². The summed E-state index contributed by atoms with van der Waals surface area (Å²) >= 11 is 0. The molecule has 0 radical (unpaired) electrons. The van der Waals surface area contributed by atoms with Crippen LogP contribution in [0.4, 0.5) is 4.39 Å². The number of allylic oxidation sites excluding steroid dienone is 6. The number of hydrogen-bond acceptors (Lipinski definition) is 3. The number of carboxylic acids is 1. The van der Waals surface area contributed by atoms with Gasteiger partial charge in [0.15, 0.2) is 0 Å². The molecule has 0 amide bonds. The van der Waals surface area contributed by atoms with E-state index >= 15 is 4.39 Å². The SMILES string of the molecule is COC1=CC(c2ccc(COc3ccc4c(c3)[C@@]3(CC4)CC[C@H]3C(=O)O)cc2C2=CCCC2(C)C)=C(F)CC1. The summed E-state index contributed by atoms with van der Waals surface area (Å²) in [6, 6.07) is 12.4. The molecule has 0 unspecified atom stereocenters. The fourth-order valence-electron chi connectivity index (χ4n) is 7.27. The topological polar surface area (TPSA) is 55.8 Å². The van der Waals surface area contributed by atoms with Crippen molar-refractivity contribution in [1.82, 2.24) is 0 Å². The minimum atomic E-state index is -0.686. The minimum absolute atomic E-state index is 0.00545. The van der Waals surface area contributed by atoms with Gasteiger partial charge in [0.25, 0.3) is 0 Å². The Hall–Kier alpha value is -3.34. The van der Waals surface area contributed by atoms with Crippen LogP contribution in [0.1, 0.15) is 86.6 Å². The molecule has 1 N–H and O–H groups in total. The number of aliphatic carboxylic acids is 1. The molecule has 2 aromatic rings. The van der Waals surface area contributed by atoms with Crippen LogP contribution in [0.2, 0.25) is 0 Å². The Balaban J connectivity index is 1.30. The van der Waals surface area contributed by atoms with E-state index in [1.165, 1.54) is 11.1 Å². The van der Waals surface area contributed by atoms with Gasteiger partial charge in [-0.25, -0.2) is 4.39 Å². The Morgan fingerprint density at radius 3 is 2.59 bits per heavy atom. The third-order valence-electron chi connectivity index (χ3n) is 9.67. The first-order valence-electron chi connectivity index (χ1n) is 14.2. The molecular formula is C34H37FO4. The van der Waals surface area contributed by atoms with Crippen molar-refractivity contribution >= 4 is 17.1 Å². The van der Waals surface area contributed by atoms with E-state index in [4.69, 9.17) is 9.47 Å². The van der Waals surface area contributed by atoms with Gasteiger partial charge in [-0.3, -0.25) is 4.79 Å². The van der Waals surface area contributed by atoms with Crippen LogP contribution in [0.5, 0.6) is 5.75 Å². The maximum Gasteiger partial charge on any atom is 0.307 e. The van der Waals surface area contributed by atoms with Crippen LogP contribution < -0.4 is 4.74 Å². The van der Waals surface area contributed by atoms with E-state index in [0.29, 0.717) is 25.0 Å². The molecule has 0 heterocycles. The zero-order valence-electron chi connectivity index (χ0n) is 23.1. The van der Waals surface area contributed by atoms with Crippen LogP contribution in [0, 0.1) is 11.3 Å². The second kappa shape index (κ2) is 9.69. The maximum absolute atomic E-state index is 15.2. The highest BCUT2D eigenvalue weighted by Crippen LogP contribution is 2.57. The van der Waals surface area contributed by atoms with Gasteiger partial charge >= 0.3 is 5.97 Å². The van der Waals surface area contributed by atoms with E-state index in [0.717, 1.165) is 72.3 Å². The number of carboxylic acid groups (broad SMARTS) is 1. The Labute approximate surface area is 230 Å². The first kappa shape index (κ1) is 25.9. The monoisotopic (exact) mass is 528 g/mol. The Bertz CT molecular complexity index is 1430. The van der Waals surface area contributed by atoms with Crippen molar-refractivity contribution in [3.63, 3.8) is 0 Å². The van der Waals surface area contributed by atoms with Crippen LogP contribution in [-0.2, 0) is 28.0 Å². The summed E-state index contributed by atoms with van der Waals surface area (Å²) in [5.74, 6) is 0.491. The largest absolute Gasteiger partial charge is 0.501 e. The second-order valence-corrected chi connectivity index (χ2v) is 12.2. The number of fused-ring (bicyclic) bond motifs is 2. The van der Waals surface area contributed by atoms with Crippen LogP contribution >= 0.6 is 0 Å². The maximum atomic E-state index is 15.2. The van der Waals surface area contributed by atoms with Crippen molar-refractivity contribution < 1.29 is 23.8 Å². The first-order chi connectivity index (χ1) is 18.7. The Morgan fingerprint density at radius 1 is 1.05 bits per heavy atom. The molecule has 204 valence electrons. The average Bonchev–Trinajstić information content (AvgIpc) is 3.47. The lowest BCUT2D eigenvalue weighted by Gasteiger charge is -2.45. The zero-order valence-corrected chi connectivity index (χ0v) is 23.1. The number of carbonyl (C=O) groups is 1. The number of rotatable bonds is 7. The smallest absolute Gasteiger partial charge is 0.307 e. The lowest BCUT2D eigenvalue weighted by Crippen LogP contribution is -2.46. The molecule has 0 bridgehead atoms. The molecule has 1 spiro atoms. The molecule has 4 aliphatic rings. The number of ether oxygens (including phenoxy) is 2. The van der Waals surface area contributed by atoms with Crippen molar-refractivity contribution in [2.24, 2.45) is 11.3 Å². The molecule has 2 atom stereocenters. The van der Waals surface area contributed by atoms with Crippen LogP contribution in [0.25, 0.3) is 11.1 Å². The number of methoxy groups -OCH3 is 1. The summed E-state index contributed by atoms with van der Waals surface area (Å²) in [4.78, 5) is 11.9. The van der Waals surface area contributed by atoms with Crippen molar-refractivity contribution in [1.29, 1.82) is 0 Å². The van der Waals surface area contributed by atoms with Crippen molar-refractivity contribution in [3.8, 4) is 5.75 Å². The highest BCUT2D eigenvalue weighted by molar-refractivity contribution is 5.87. The third-order valence-corrected chi connectivity index (χ3v) is 9.67. The van der Waals surface area contributed by atoms with E-state index in [1.54, 1.807) is 7.11 Å². The Kier molecular flexibility index (Phi) is 6.44. The molecule has 1 fully saturated rings. The molecule has 5 heteroatoms. The summed E-state index contributed by atoms with van der Waals surface area (Å²) in [5, 5.41) is 9.75. The van der Waals surface area contributed by atoms with Crippen LogP contribution in [0.3, 0.4) is 0 Å². The molecule has 2 aromatic carbocycles. The van der Waals surface area contributed by atoms with Gasteiger partial charge in [-0.15, -0.1) is 0 Å². The normalized spacial score (nSPS) is 25.2. The number of halogens is 1. The predicted molar refractivity (Wildman–Crippen MR) is 151 cm³/mol. The average molecular weight is 529 g/mol. The molecule has 0 aliphatic heterocycles. The van der Waals surface area contributed by atoms with Gasteiger partial charge in [-0.05, 0) is 102 Å². The fraction of sp³-hybridized carbons (Fsp3) is 0.441. The zero-order chi connectivity index (χ0) is 27.4. The highest BCUT2D eigenvalue weighted by Gasteiger charge is 2.54. The van der Waals surface area contributed by atoms with E-state index < -0.39 is 5.97 Å². The van der Waals surface area contributed by atoms with Gasteiger partial charge < -0.3 is 14.6 Å². The number of aryl methyl sites for hydroxylation is 1. The number of benzene rings is 2. The van der Waals surface area contributed by atoms with Crippen molar-refractivity contribution in [3.05, 3.63) is 88.0 Å². The first-order valence-corrected chi connectivity index (χ1v) is 14.2. The molecule has 4 nitrogen and oxygen atoms in total. The van der Waals surface area contributed by atoms with Gasteiger partial charge in [0.05, 0.1) is 18.8 Å². The van der Waals surface area contributed by atoms with Gasteiger partial charge in [-0.1, -0.05) is 38.1 Å². The second-order valence-electron chi connectivity index (χ2n) is 12.2. The Morgan fingerprint density at radius 2 is 1.90 bits per heavy atom. The predicted octanol–water partition coefficient (Wildman–Crippen LogP) is 8.15. The summed E-state index contributed by atoms with van der Waals surface area (Å²) in [6.45, 7) is 4.90. The van der Waals surface area contributed by atoms with E-state index in [2.05, 4.69) is 38.1 Å². The lowest BCUT2D eigenvalue weighted by molar-refractivity contribution is -0.149.